The van der Waals surface area contributed by atoms with Gasteiger partial charge in [0.15, 0.2) is 17.3 Å². The van der Waals surface area contributed by atoms with Crippen molar-refractivity contribution in [2.24, 2.45) is 0 Å². The predicted octanol–water partition coefficient (Wildman–Crippen LogP) is 1.44. The molecule has 3 heterocycles. The number of rotatable bonds is 6. The second-order valence-electron chi connectivity index (χ2n) is 6.58. The summed E-state index contributed by atoms with van der Waals surface area (Å²) in [5.74, 6) is 1.78. The molecule has 0 radical (unpaired) electrons. The van der Waals surface area contributed by atoms with E-state index in [1.54, 1.807) is 12.3 Å². The molecule has 1 amide bonds. The molecule has 0 spiro atoms. The van der Waals surface area contributed by atoms with Gasteiger partial charge in [-0.3, -0.25) is 4.79 Å². The van der Waals surface area contributed by atoms with Crippen molar-refractivity contribution < 1.29 is 14.3 Å². The van der Waals surface area contributed by atoms with Crippen LogP contribution in [0, 0.1) is 0 Å². The zero-order valence-electron chi connectivity index (χ0n) is 15.1. The molecule has 1 fully saturated rings. The van der Waals surface area contributed by atoms with Crippen molar-refractivity contribution in [1.29, 1.82) is 0 Å². The second kappa shape index (κ2) is 8.11. The highest BCUT2D eigenvalue weighted by molar-refractivity contribution is 5.81. The lowest BCUT2D eigenvalue weighted by Crippen LogP contribution is -2.45. The number of carbonyl (C=O) groups excluding carboxylic acids is 1. The third kappa shape index (κ3) is 4.21. The highest BCUT2D eigenvalue weighted by Gasteiger charge is 2.26. The number of carbonyl (C=O) groups is 1. The van der Waals surface area contributed by atoms with Crippen LogP contribution < -0.4 is 25.0 Å². The largest absolute Gasteiger partial charge is 0.485 e. The highest BCUT2D eigenvalue weighted by atomic mass is 16.6. The number of benzene rings is 1. The molecule has 1 aromatic carbocycles. The first-order valence-corrected chi connectivity index (χ1v) is 9.27. The first kappa shape index (κ1) is 17.4. The summed E-state index contributed by atoms with van der Waals surface area (Å²) in [5.41, 5.74) is 1.08. The summed E-state index contributed by atoms with van der Waals surface area (Å²) in [6.07, 6.45) is 3.58. The number of fused-ring (bicyclic) bond motifs is 1. The van der Waals surface area contributed by atoms with Crippen LogP contribution in [0.15, 0.2) is 36.5 Å². The zero-order valence-corrected chi connectivity index (χ0v) is 15.1. The lowest BCUT2D eigenvalue weighted by atomic mass is 10.2. The minimum atomic E-state index is -0.641. The number of para-hydroxylation sites is 2. The fourth-order valence-electron chi connectivity index (χ4n) is 3.23. The van der Waals surface area contributed by atoms with E-state index in [4.69, 9.17) is 9.47 Å². The highest BCUT2D eigenvalue weighted by Crippen LogP contribution is 2.30. The molecule has 2 N–H and O–H groups in total. The molecule has 1 aromatic heterocycles. The van der Waals surface area contributed by atoms with Crippen LogP contribution >= 0.6 is 0 Å². The Kier molecular flexibility index (Phi) is 5.22. The Bertz CT molecular complexity index is 794. The van der Waals surface area contributed by atoms with Crippen LogP contribution in [0.3, 0.4) is 0 Å². The van der Waals surface area contributed by atoms with Crippen molar-refractivity contribution >= 4 is 17.4 Å². The zero-order chi connectivity index (χ0) is 18.5. The van der Waals surface area contributed by atoms with E-state index >= 15 is 0 Å². The molecule has 4 rings (SSSR count). The summed E-state index contributed by atoms with van der Waals surface area (Å²) in [6.45, 7) is 3.34. The number of anilines is 2. The monoisotopic (exact) mass is 369 g/mol. The Labute approximate surface area is 157 Å². The van der Waals surface area contributed by atoms with Crippen molar-refractivity contribution in [3.8, 4) is 11.5 Å². The van der Waals surface area contributed by atoms with Gasteiger partial charge in [-0.1, -0.05) is 12.1 Å². The number of ether oxygens (including phenoxy) is 2. The molecule has 2 aromatic rings. The first-order chi connectivity index (χ1) is 13.3. The van der Waals surface area contributed by atoms with Crippen molar-refractivity contribution in [1.82, 2.24) is 15.5 Å². The van der Waals surface area contributed by atoms with Crippen LogP contribution in [0.25, 0.3) is 0 Å². The van der Waals surface area contributed by atoms with E-state index in [2.05, 4.69) is 25.7 Å². The summed E-state index contributed by atoms with van der Waals surface area (Å²) in [5, 5.41) is 14.2. The molecule has 8 nitrogen and oxygen atoms in total. The SMILES string of the molecule is O=C(NCCNc1cc(N2CCCC2)cnn1)C1COc2ccccc2O1. The smallest absolute Gasteiger partial charge is 0.264 e. The van der Waals surface area contributed by atoms with E-state index < -0.39 is 6.10 Å². The lowest BCUT2D eigenvalue weighted by molar-refractivity contribution is -0.130. The van der Waals surface area contributed by atoms with Crippen molar-refractivity contribution in [2.45, 2.75) is 18.9 Å². The fourth-order valence-corrected chi connectivity index (χ4v) is 3.23. The molecule has 0 saturated carbocycles. The Balaban J connectivity index is 1.22. The molecule has 1 unspecified atom stereocenters. The Morgan fingerprint density at radius 3 is 2.85 bits per heavy atom. The first-order valence-electron chi connectivity index (χ1n) is 9.27. The number of amides is 1. The van der Waals surface area contributed by atoms with Crippen LogP contribution in [0.1, 0.15) is 12.8 Å². The molecule has 2 aliphatic rings. The summed E-state index contributed by atoms with van der Waals surface area (Å²) in [7, 11) is 0. The molecule has 0 aliphatic carbocycles. The molecular formula is C19H23N5O3. The number of hydrogen-bond donors (Lipinski definition) is 2. The molecule has 1 atom stereocenters. The predicted molar refractivity (Wildman–Crippen MR) is 101 cm³/mol. The number of nitrogens with one attached hydrogen (secondary N) is 2. The standard InChI is InChI=1S/C19H23N5O3/c25-19(17-13-26-15-5-1-2-6-16(15)27-17)21-8-7-20-18-11-14(12-22-23-18)24-9-3-4-10-24/h1-2,5-6,11-12,17H,3-4,7-10,13H2,(H,20,23)(H,21,25). The molecule has 27 heavy (non-hydrogen) atoms. The fraction of sp³-hybridized carbons (Fsp3) is 0.421. The molecule has 0 bridgehead atoms. The van der Waals surface area contributed by atoms with E-state index in [9.17, 15) is 4.79 Å². The van der Waals surface area contributed by atoms with Crippen LogP contribution in [0.5, 0.6) is 11.5 Å². The van der Waals surface area contributed by atoms with Gasteiger partial charge in [0.05, 0.1) is 11.9 Å². The second-order valence-corrected chi connectivity index (χ2v) is 6.58. The van der Waals surface area contributed by atoms with Gasteiger partial charge in [-0.25, -0.2) is 0 Å². The van der Waals surface area contributed by atoms with Gasteiger partial charge in [0, 0.05) is 32.2 Å². The average Bonchev–Trinajstić information content (AvgIpc) is 3.26. The number of nitrogens with zero attached hydrogens (tertiary/aromatic N) is 3. The normalized spacial score (nSPS) is 18.2. The van der Waals surface area contributed by atoms with Crippen molar-refractivity contribution in [2.75, 3.05) is 43.0 Å². The maximum atomic E-state index is 12.3. The van der Waals surface area contributed by atoms with E-state index in [0.717, 1.165) is 18.8 Å². The quantitative estimate of drug-likeness (QED) is 0.745. The number of hydrogen-bond acceptors (Lipinski definition) is 7. The van der Waals surface area contributed by atoms with Gasteiger partial charge in [-0.05, 0) is 25.0 Å². The van der Waals surface area contributed by atoms with Crippen molar-refractivity contribution in [3.63, 3.8) is 0 Å². The molecule has 142 valence electrons. The molecular weight excluding hydrogens is 346 g/mol. The maximum absolute atomic E-state index is 12.3. The van der Waals surface area contributed by atoms with E-state index in [1.165, 1.54) is 12.8 Å². The van der Waals surface area contributed by atoms with Crippen LogP contribution in [0.4, 0.5) is 11.5 Å². The number of aromatic nitrogens is 2. The van der Waals surface area contributed by atoms with Crippen molar-refractivity contribution in [3.05, 3.63) is 36.5 Å². The minimum Gasteiger partial charge on any atom is -0.485 e. The lowest BCUT2D eigenvalue weighted by Gasteiger charge is -2.25. The van der Waals surface area contributed by atoms with E-state index in [-0.39, 0.29) is 12.5 Å². The van der Waals surface area contributed by atoms with Gasteiger partial charge in [0.1, 0.15) is 6.61 Å². The minimum absolute atomic E-state index is 0.191. The maximum Gasteiger partial charge on any atom is 0.264 e. The average molecular weight is 369 g/mol. The van der Waals surface area contributed by atoms with Gasteiger partial charge in [0.2, 0.25) is 6.10 Å². The van der Waals surface area contributed by atoms with Crippen LogP contribution in [-0.2, 0) is 4.79 Å². The van der Waals surface area contributed by atoms with Gasteiger partial charge in [-0.2, -0.15) is 5.10 Å². The van der Waals surface area contributed by atoms with Gasteiger partial charge in [-0.15, -0.1) is 5.10 Å². The van der Waals surface area contributed by atoms with Crippen LogP contribution in [0.2, 0.25) is 0 Å². The molecule has 2 aliphatic heterocycles. The Hall–Kier alpha value is -3.03. The molecule has 8 heteroatoms. The van der Waals surface area contributed by atoms with E-state index in [0.29, 0.717) is 30.4 Å². The van der Waals surface area contributed by atoms with Crippen LogP contribution in [-0.4, -0.2) is 55.0 Å². The topological polar surface area (TPSA) is 88.6 Å². The van der Waals surface area contributed by atoms with E-state index in [1.807, 2.05) is 24.3 Å². The summed E-state index contributed by atoms with van der Waals surface area (Å²) in [6, 6.07) is 9.34. The summed E-state index contributed by atoms with van der Waals surface area (Å²) >= 11 is 0. The Morgan fingerprint density at radius 1 is 1.19 bits per heavy atom. The Morgan fingerprint density at radius 2 is 2.00 bits per heavy atom. The summed E-state index contributed by atoms with van der Waals surface area (Å²) in [4.78, 5) is 14.6. The third-order valence-electron chi connectivity index (χ3n) is 4.64. The molecule has 1 saturated heterocycles. The van der Waals surface area contributed by atoms with Gasteiger partial charge >= 0.3 is 0 Å². The van der Waals surface area contributed by atoms with Gasteiger partial charge < -0.3 is 25.0 Å². The third-order valence-corrected chi connectivity index (χ3v) is 4.64. The van der Waals surface area contributed by atoms with Gasteiger partial charge in [0.25, 0.3) is 5.91 Å². The summed E-state index contributed by atoms with van der Waals surface area (Å²) < 4.78 is 11.3.